The van der Waals surface area contributed by atoms with Gasteiger partial charge in [-0.1, -0.05) is 43.5 Å². The third-order valence-corrected chi connectivity index (χ3v) is 4.56. The summed E-state index contributed by atoms with van der Waals surface area (Å²) in [6, 6.07) is 8.30. The molecule has 1 saturated carbocycles. The van der Waals surface area contributed by atoms with Crippen molar-refractivity contribution in [1.82, 2.24) is 0 Å². The minimum absolute atomic E-state index is 0.354. The Hall–Kier alpha value is -1.11. The van der Waals surface area contributed by atoms with Gasteiger partial charge < -0.3 is 0 Å². The van der Waals surface area contributed by atoms with Gasteiger partial charge in [-0.15, -0.1) is 0 Å². The zero-order valence-electron chi connectivity index (χ0n) is 10.3. The molecule has 1 heteroatoms. The highest BCUT2D eigenvalue weighted by Gasteiger charge is 2.31. The van der Waals surface area contributed by atoms with Gasteiger partial charge in [0.15, 0.2) is 5.78 Å². The van der Waals surface area contributed by atoms with E-state index in [9.17, 15) is 4.79 Å². The van der Waals surface area contributed by atoms with Gasteiger partial charge in [0.25, 0.3) is 0 Å². The Labute approximate surface area is 103 Å². The Kier molecular flexibility index (Phi) is 3.00. The first kappa shape index (κ1) is 11.0. The molecule has 3 rings (SSSR count). The van der Waals surface area contributed by atoms with Crippen molar-refractivity contribution in [3.8, 4) is 0 Å². The third-order valence-electron chi connectivity index (χ3n) is 4.56. The average Bonchev–Trinajstić information content (AvgIpc) is 2.41. The van der Waals surface area contributed by atoms with Crippen molar-refractivity contribution >= 4 is 5.78 Å². The molecule has 17 heavy (non-hydrogen) atoms. The molecule has 1 nitrogen and oxygen atoms in total. The van der Waals surface area contributed by atoms with E-state index in [1.165, 1.54) is 37.7 Å². The van der Waals surface area contributed by atoms with E-state index in [-0.39, 0.29) is 0 Å². The summed E-state index contributed by atoms with van der Waals surface area (Å²) in [5, 5.41) is 0. The van der Waals surface area contributed by atoms with E-state index in [2.05, 4.69) is 12.1 Å². The van der Waals surface area contributed by atoms with Crippen LogP contribution in [0, 0.1) is 5.92 Å². The van der Waals surface area contributed by atoms with E-state index in [1.54, 1.807) is 0 Å². The first-order chi connectivity index (χ1) is 8.36. The Morgan fingerprint density at radius 3 is 2.53 bits per heavy atom. The number of carbonyl (C=O) groups is 1. The highest BCUT2D eigenvalue weighted by molar-refractivity contribution is 5.98. The summed E-state index contributed by atoms with van der Waals surface area (Å²) in [7, 11) is 0. The van der Waals surface area contributed by atoms with Crippen LogP contribution in [0.25, 0.3) is 0 Å². The minimum Gasteiger partial charge on any atom is -0.294 e. The maximum Gasteiger partial charge on any atom is 0.163 e. The number of ketones is 1. The quantitative estimate of drug-likeness (QED) is 0.699. The fraction of sp³-hybridized carbons (Fsp3) is 0.562. The van der Waals surface area contributed by atoms with Gasteiger partial charge in [0, 0.05) is 12.0 Å². The van der Waals surface area contributed by atoms with Crippen molar-refractivity contribution in [2.75, 3.05) is 0 Å². The number of hydrogen-bond donors (Lipinski definition) is 0. The van der Waals surface area contributed by atoms with Crippen molar-refractivity contribution in [2.45, 2.75) is 50.9 Å². The van der Waals surface area contributed by atoms with Crippen LogP contribution in [0.1, 0.15) is 66.8 Å². The molecule has 0 N–H and O–H groups in total. The van der Waals surface area contributed by atoms with Gasteiger partial charge in [-0.05, 0) is 36.7 Å². The molecule has 0 unspecified atom stereocenters. The van der Waals surface area contributed by atoms with E-state index >= 15 is 0 Å². The van der Waals surface area contributed by atoms with Crippen LogP contribution in [0.15, 0.2) is 24.3 Å². The molecule has 0 spiro atoms. The van der Waals surface area contributed by atoms with Crippen LogP contribution in [0.5, 0.6) is 0 Å². The number of rotatable bonds is 1. The molecule has 1 atom stereocenters. The van der Waals surface area contributed by atoms with E-state index in [4.69, 9.17) is 0 Å². The Balaban J connectivity index is 1.91. The SMILES string of the molecule is O=C1CC[C@@H](C2CCCCC2)c2ccccc21. The molecule has 0 aliphatic heterocycles. The van der Waals surface area contributed by atoms with Crippen LogP contribution in [-0.4, -0.2) is 5.78 Å². The topological polar surface area (TPSA) is 17.1 Å². The number of benzene rings is 1. The lowest BCUT2D eigenvalue weighted by Gasteiger charge is -2.34. The zero-order chi connectivity index (χ0) is 11.7. The lowest BCUT2D eigenvalue weighted by Crippen LogP contribution is -2.23. The number of fused-ring (bicyclic) bond motifs is 1. The molecule has 0 amide bonds. The molecule has 90 valence electrons. The van der Waals surface area contributed by atoms with Gasteiger partial charge >= 0.3 is 0 Å². The van der Waals surface area contributed by atoms with Gasteiger partial charge in [-0.3, -0.25) is 4.79 Å². The number of carbonyl (C=O) groups excluding carboxylic acids is 1. The highest BCUT2D eigenvalue weighted by Crippen LogP contribution is 2.42. The van der Waals surface area contributed by atoms with Crippen molar-refractivity contribution in [3.63, 3.8) is 0 Å². The molecule has 1 aromatic rings. The van der Waals surface area contributed by atoms with Crippen molar-refractivity contribution in [1.29, 1.82) is 0 Å². The molecular formula is C16H20O. The van der Waals surface area contributed by atoms with Gasteiger partial charge in [-0.25, -0.2) is 0 Å². The van der Waals surface area contributed by atoms with Crippen LogP contribution in [0.3, 0.4) is 0 Å². The standard InChI is InChI=1S/C16H20O/c17-16-11-10-13(12-6-2-1-3-7-12)14-8-4-5-9-15(14)16/h4-5,8-9,12-13H,1-3,6-7,10-11H2/t13-/m0/s1. The Morgan fingerprint density at radius 1 is 0.941 bits per heavy atom. The fourth-order valence-electron chi connectivity index (χ4n) is 3.68. The number of Topliss-reactive ketones (excluding diaryl/α,β-unsaturated/α-hetero) is 1. The summed E-state index contributed by atoms with van der Waals surface area (Å²) >= 11 is 0. The summed E-state index contributed by atoms with van der Waals surface area (Å²) in [5.41, 5.74) is 2.35. The highest BCUT2D eigenvalue weighted by atomic mass is 16.1. The molecule has 0 radical (unpaired) electrons. The predicted molar refractivity (Wildman–Crippen MR) is 69.3 cm³/mol. The van der Waals surface area contributed by atoms with Gasteiger partial charge in [0.1, 0.15) is 0 Å². The van der Waals surface area contributed by atoms with Gasteiger partial charge in [0.2, 0.25) is 0 Å². The molecule has 0 heterocycles. The lowest BCUT2D eigenvalue weighted by molar-refractivity contribution is 0.0958. The molecule has 2 aliphatic rings. The Morgan fingerprint density at radius 2 is 1.71 bits per heavy atom. The molecular weight excluding hydrogens is 208 g/mol. The average molecular weight is 228 g/mol. The van der Waals surface area contributed by atoms with Crippen LogP contribution in [0.2, 0.25) is 0 Å². The molecule has 0 saturated heterocycles. The van der Waals surface area contributed by atoms with Crippen LogP contribution < -0.4 is 0 Å². The molecule has 2 aliphatic carbocycles. The lowest BCUT2D eigenvalue weighted by atomic mass is 9.70. The summed E-state index contributed by atoms with van der Waals surface area (Å²) in [4.78, 5) is 11.9. The fourth-order valence-corrected chi connectivity index (χ4v) is 3.68. The molecule has 0 aromatic heterocycles. The largest absolute Gasteiger partial charge is 0.294 e. The minimum atomic E-state index is 0.354. The van der Waals surface area contributed by atoms with E-state index in [0.29, 0.717) is 11.7 Å². The number of hydrogen-bond acceptors (Lipinski definition) is 1. The van der Waals surface area contributed by atoms with E-state index in [1.807, 2.05) is 12.1 Å². The first-order valence-electron chi connectivity index (χ1n) is 6.98. The normalized spacial score (nSPS) is 25.6. The van der Waals surface area contributed by atoms with Crippen LogP contribution in [-0.2, 0) is 0 Å². The zero-order valence-corrected chi connectivity index (χ0v) is 10.3. The maximum atomic E-state index is 11.9. The Bertz CT molecular complexity index is 415. The van der Waals surface area contributed by atoms with E-state index < -0.39 is 0 Å². The van der Waals surface area contributed by atoms with Crippen LogP contribution >= 0.6 is 0 Å². The second kappa shape index (κ2) is 4.64. The molecule has 0 bridgehead atoms. The summed E-state index contributed by atoms with van der Waals surface area (Å²) in [6.07, 6.45) is 8.76. The second-order valence-corrected chi connectivity index (χ2v) is 5.55. The molecule has 1 fully saturated rings. The second-order valence-electron chi connectivity index (χ2n) is 5.55. The first-order valence-corrected chi connectivity index (χ1v) is 6.98. The maximum absolute atomic E-state index is 11.9. The van der Waals surface area contributed by atoms with E-state index in [0.717, 1.165) is 24.3 Å². The van der Waals surface area contributed by atoms with Crippen molar-refractivity contribution in [3.05, 3.63) is 35.4 Å². The summed E-state index contributed by atoms with van der Waals surface area (Å²) in [6.45, 7) is 0. The summed E-state index contributed by atoms with van der Waals surface area (Å²) in [5.74, 6) is 1.84. The van der Waals surface area contributed by atoms with Gasteiger partial charge in [-0.2, -0.15) is 0 Å². The monoisotopic (exact) mass is 228 g/mol. The third kappa shape index (κ3) is 2.03. The smallest absolute Gasteiger partial charge is 0.163 e. The summed E-state index contributed by atoms with van der Waals surface area (Å²) < 4.78 is 0. The van der Waals surface area contributed by atoms with Crippen LogP contribution in [0.4, 0.5) is 0 Å². The predicted octanol–water partition coefficient (Wildman–Crippen LogP) is 4.33. The van der Waals surface area contributed by atoms with Gasteiger partial charge in [0.05, 0.1) is 0 Å². The van der Waals surface area contributed by atoms with Crippen molar-refractivity contribution in [2.24, 2.45) is 5.92 Å². The molecule has 1 aromatic carbocycles. The van der Waals surface area contributed by atoms with Crippen molar-refractivity contribution < 1.29 is 4.79 Å².